The number of fused-ring (bicyclic) bond motifs is 3. The molecule has 4 rings (SSSR count). The van der Waals surface area contributed by atoms with E-state index in [2.05, 4.69) is 22.5 Å². The summed E-state index contributed by atoms with van der Waals surface area (Å²) in [5, 5.41) is 3.83. The van der Waals surface area contributed by atoms with Gasteiger partial charge in [0.1, 0.15) is 0 Å². The summed E-state index contributed by atoms with van der Waals surface area (Å²) in [7, 11) is 0. The van der Waals surface area contributed by atoms with Crippen molar-refractivity contribution in [1.29, 1.82) is 0 Å². The average molecular weight is 317 g/mol. The number of nitrogens with two attached hydrogens (primary N) is 1. The number of hydrogen-bond donors (Lipinski definition) is 2. The Bertz CT molecular complexity index is 584. The van der Waals surface area contributed by atoms with Crippen LogP contribution in [-0.4, -0.2) is 16.9 Å². The molecule has 1 fully saturated rings. The lowest BCUT2D eigenvalue weighted by Gasteiger charge is -2.23. The van der Waals surface area contributed by atoms with Crippen LogP contribution in [0.4, 0.5) is 5.13 Å². The molecule has 0 aromatic carbocycles. The van der Waals surface area contributed by atoms with E-state index >= 15 is 0 Å². The summed E-state index contributed by atoms with van der Waals surface area (Å²) < 4.78 is 0. The van der Waals surface area contributed by atoms with E-state index in [1.165, 1.54) is 36.3 Å². The van der Waals surface area contributed by atoms with Crippen LogP contribution in [0.3, 0.4) is 0 Å². The molecule has 5 heteroatoms. The van der Waals surface area contributed by atoms with Crippen LogP contribution in [0.1, 0.15) is 42.7 Å². The van der Waals surface area contributed by atoms with Crippen LogP contribution in [0.2, 0.25) is 0 Å². The summed E-state index contributed by atoms with van der Waals surface area (Å²) in [6.07, 6.45) is 12.6. The predicted octanol–water partition coefficient (Wildman–Crippen LogP) is 2.89. The molecule has 3 aliphatic carbocycles. The van der Waals surface area contributed by atoms with Crippen molar-refractivity contribution in [2.75, 3.05) is 5.32 Å². The van der Waals surface area contributed by atoms with Crippen molar-refractivity contribution in [3.63, 3.8) is 0 Å². The Morgan fingerprint density at radius 2 is 1.95 bits per heavy atom. The first-order chi connectivity index (χ1) is 10.7. The highest BCUT2D eigenvalue weighted by molar-refractivity contribution is 7.15. The van der Waals surface area contributed by atoms with Crippen LogP contribution in [0, 0.1) is 17.8 Å². The third kappa shape index (κ3) is 2.50. The molecule has 1 aromatic rings. The fourth-order valence-electron chi connectivity index (χ4n) is 4.18. The number of nitrogens with zero attached hydrogens (tertiary/aromatic N) is 1. The van der Waals surface area contributed by atoms with Crippen LogP contribution >= 0.6 is 11.3 Å². The summed E-state index contributed by atoms with van der Waals surface area (Å²) in [6, 6.07) is -0.0315. The minimum absolute atomic E-state index is 0.0315. The summed E-state index contributed by atoms with van der Waals surface area (Å²) in [4.78, 5) is 18.7. The molecule has 2 bridgehead atoms. The van der Waals surface area contributed by atoms with Crippen LogP contribution in [-0.2, 0) is 17.6 Å². The molecule has 1 amide bonds. The molecule has 4 nitrogen and oxygen atoms in total. The predicted molar refractivity (Wildman–Crippen MR) is 88.8 cm³/mol. The molecule has 0 saturated heterocycles. The molecule has 118 valence electrons. The van der Waals surface area contributed by atoms with Gasteiger partial charge in [0.15, 0.2) is 5.13 Å². The van der Waals surface area contributed by atoms with Gasteiger partial charge >= 0.3 is 0 Å². The summed E-state index contributed by atoms with van der Waals surface area (Å²) >= 11 is 1.66. The lowest BCUT2D eigenvalue weighted by Crippen LogP contribution is -2.41. The van der Waals surface area contributed by atoms with Crippen molar-refractivity contribution in [1.82, 2.24) is 4.98 Å². The van der Waals surface area contributed by atoms with Crippen molar-refractivity contribution in [2.24, 2.45) is 23.5 Å². The Kier molecular flexibility index (Phi) is 3.78. The average Bonchev–Trinajstić information content (AvgIpc) is 3.14. The Balaban J connectivity index is 1.48. The molecule has 22 heavy (non-hydrogen) atoms. The molecule has 4 unspecified atom stereocenters. The highest BCUT2D eigenvalue weighted by Gasteiger charge is 2.46. The van der Waals surface area contributed by atoms with E-state index in [4.69, 9.17) is 5.73 Å². The Morgan fingerprint density at radius 3 is 2.73 bits per heavy atom. The van der Waals surface area contributed by atoms with E-state index in [-0.39, 0.29) is 17.9 Å². The van der Waals surface area contributed by atoms with Crippen LogP contribution in [0.25, 0.3) is 0 Å². The van der Waals surface area contributed by atoms with E-state index in [0.29, 0.717) is 11.8 Å². The smallest absolute Gasteiger partial charge is 0.231 e. The molecular formula is C17H23N3OS. The number of carbonyl (C=O) groups excluding carboxylic acids is 1. The van der Waals surface area contributed by atoms with Gasteiger partial charge in [-0.1, -0.05) is 25.0 Å². The van der Waals surface area contributed by atoms with Gasteiger partial charge in [-0.15, -0.1) is 11.3 Å². The Morgan fingerprint density at radius 1 is 1.18 bits per heavy atom. The normalized spacial score (nSPS) is 33.3. The molecular weight excluding hydrogens is 294 g/mol. The number of aromatic nitrogens is 1. The topological polar surface area (TPSA) is 68.0 Å². The van der Waals surface area contributed by atoms with Crippen molar-refractivity contribution < 1.29 is 4.79 Å². The van der Waals surface area contributed by atoms with Gasteiger partial charge in [0.05, 0.1) is 11.6 Å². The molecule has 0 aliphatic heterocycles. The van der Waals surface area contributed by atoms with E-state index in [0.717, 1.165) is 24.4 Å². The fourth-order valence-corrected chi connectivity index (χ4v) is 5.23. The first kappa shape index (κ1) is 14.4. The van der Waals surface area contributed by atoms with E-state index in [9.17, 15) is 4.79 Å². The SMILES string of the molecule is NC1C2C=CC(C2)C1C(=O)Nc1nc2c(s1)CCCCCC2. The third-order valence-corrected chi connectivity index (χ3v) is 6.47. The first-order valence-corrected chi connectivity index (χ1v) is 9.27. The zero-order chi connectivity index (χ0) is 15.1. The number of carbonyl (C=O) groups is 1. The number of hydrogen-bond acceptors (Lipinski definition) is 4. The second-order valence-electron chi connectivity index (χ2n) is 6.84. The second-order valence-corrected chi connectivity index (χ2v) is 7.93. The van der Waals surface area contributed by atoms with Gasteiger partial charge in [0.2, 0.25) is 5.91 Å². The lowest BCUT2D eigenvalue weighted by atomic mass is 9.89. The fraction of sp³-hybridized carbons (Fsp3) is 0.647. The molecule has 4 atom stereocenters. The van der Waals surface area contributed by atoms with Crippen LogP contribution < -0.4 is 11.1 Å². The number of aryl methyl sites for hydroxylation is 2. The standard InChI is InChI=1S/C17H23N3OS/c18-15-11-8-7-10(9-11)14(15)16(21)20-17-19-12-5-3-1-2-4-6-13(12)22-17/h7-8,10-11,14-15H,1-6,9,18H2,(H,19,20,21). The minimum atomic E-state index is -0.0820. The van der Waals surface area contributed by atoms with Gasteiger partial charge in [0, 0.05) is 10.9 Å². The zero-order valence-corrected chi connectivity index (χ0v) is 13.6. The third-order valence-electron chi connectivity index (χ3n) is 5.40. The van der Waals surface area contributed by atoms with E-state index in [1.807, 2.05) is 0 Å². The van der Waals surface area contributed by atoms with Crippen molar-refractivity contribution in [2.45, 2.75) is 51.0 Å². The Hall–Kier alpha value is -1.20. The summed E-state index contributed by atoms with van der Waals surface area (Å²) in [6.45, 7) is 0. The van der Waals surface area contributed by atoms with E-state index in [1.54, 1.807) is 11.3 Å². The molecule has 3 N–H and O–H groups in total. The number of amides is 1. The first-order valence-electron chi connectivity index (χ1n) is 8.46. The van der Waals surface area contributed by atoms with Crippen molar-refractivity contribution in [3.8, 4) is 0 Å². The monoisotopic (exact) mass is 317 g/mol. The molecule has 3 aliphatic rings. The maximum Gasteiger partial charge on any atom is 0.231 e. The zero-order valence-electron chi connectivity index (χ0n) is 12.8. The molecule has 1 aromatic heterocycles. The summed E-state index contributed by atoms with van der Waals surface area (Å²) in [5.41, 5.74) is 7.43. The largest absolute Gasteiger partial charge is 0.326 e. The minimum Gasteiger partial charge on any atom is -0.326 e. The van der Waals surface area contributed by atoms with Gasteiger partial charge in [-0.25, -0.2) is 4.98 Å². The highest BCUT2D eigenvalue weighted by Crippen LogP contribution is 2.43. The second kappa shape index (κ2) is 5.78. The number of allylic oxidation sites excluding steroid dienone is 1. The quantitative estimate of drug-likeness (QED) is 0.824. The lowest BCUT2D eigenvalue weighted by molar-refractivity contribution is -0.120. The van der Waals surface area contributed by atoms with Crippen molar-refractivity contribution >= 4 is 22.4 Å². The van der Waals surface area contributed by atoms with Gasteiger partial charge in [-0.3, -0.25) is 4.79 Å². The number of thiazole rings is 1. The van der Waals surface area contributed by atoms with Gasteiger partial charge in [-0.2, -0.15) is 0 Å². The number of anilines is 1. The van der Waals surface area contributed by atoms with Gasteiger partial charge < -0.3 is 11.1 Å². The molecule has 1 heterocycles. The van der Waals surface area contributed by atoms with Crippen molar-refractivity contribution in [3.05, 3.63) is 22.7 Å². The van der Waals surface area contributed by atoms with Gasteiger partial charge in [0.25, 0.3) is 0 Å². The van der Waals surface area contributed by atoms with E-state index < -0.39 is 0 Å². The Labute approximate surface area is 135 Å². The maximum absolute atomic E-state index is 12.6. The molecule has 0 radical (unpaired) electrons. The highest BCUT2D eigenvalue weighted by atomic mass is 32.1. The van der Waals surface area contributed by atoms with Gasteiger partial charge in [-0.05, 0) is 43.9 Å². The molecule has 0 spiro atoms. The number of rotatable bonds is 2. The molecule has 1 saturated carbocycles. The maximum atomic E-state index is 12.6. The van der Waals surface area contributed by atoms with Crippen LogP contribution in [0.5, 0.6) is 0 Å². The summed E-state index contributed by atoms with van der Waals surface area (Å²) in [5.74, 6) is 0.686. The number of nitrogens with one attached hydrogen (secondary N) is 1. The van der Waals surface area contributed by atoms with Crippen LogP contribution in [0.15, 0.2) is 12.2 Å².